The molecule has 0 atom stereocenters. The van der Waals surface area contributed by atoms with E-state index in [2.05, 4.69) is 15.8 Å². The molecular weight excluding hydrogens is 515 g/mol. The van der Waals surface area contributed by atoms with Gasteiger partial charge in [-0.15, -0.1) is 0 Å². The van der Waals surface area contributed by atoms with Crippen LogP contribution in [0.2, 0.25) is 10.0 Å². The molecule has 0 bridgehead atoms. The predicted octanol–water partition coefficient (Wildman–Crippen LogP) is 7.61. The molecule has 33 heavy (non-hydrogen) atoms. The van der Waals surface area contributed by atoms with Crippen molar-refractivity contribution in [2.75, 3.05) is 5.32 Å². The molecule has 3 aromatic rings. The summed E-state index contributed by atoms with van der Waals surface area (Å²) in [7, 11) is 0. The molecule has 13 heteroatoms. The first-order valence-corrected chi connectivity index (χ1v) is 9.94. The number of hydrogen-bond acceptors (Lipinski definition) is 3. The van der Waals surface area contributed by atoms with E-state index in [0.717, 1.165) is 6.21 Å². The summed E-state index contributed by atoms with van der Waals surface area (Å²) < 4.78 is 83.5. The lowest BCUT2D eigenvalue weighted by Gasteiger charge is -2.13. The second-order valence-corrected chi connectivity index (χ2v) is 7.67. The highest BCUT2D eigenvalue weighted by Gasteiger charge is 2.37. The maximum atomic E-state index is 13.0. The number of nitrogens with zero attached hydrogens (tertiary/aromatic N) is 1. The number of alkyl halides is 6. The number of hydrogen-bond donors (Lipinski definition) is 2. The van der Waals surface area contributed by atoms with Gasteiger partial charge in [0.2, 0.25) is 0 Å². The average Bonchev–Trinajstić information content (AvgIpc) is 3.18. The van der Waals surface area contributed by atoms with Crippen LogP contribution in [0.5, 0.6) is 0 Å². The summed E-state index contributed by atoms with van der Waals surface area (Å²) in [4.78, 5) is 0. The smallest absolute Gasteiger partial charge is 0.416 e. The third-order valence-electron chi connectivity index (χ3n) is 4.03. The summed E-state index contributed by atoms with van der Waals surface area (Å²) >= 11 is 16.8. The molecule has 0 aliphatic heterocycles. The number of rotatable bonds is 4. The SMILES string of the molecule is FC(F)(F)c1cc(-c2ccc(/C=N/NC(=S)Nc3ccc(Cl)c(Cl)c3)o2)cc(C(F)(F)F)c1. The Balaban J connectivity index is 1.73. The molecule has 0 saturated carbocycles. The normalized spacial score (nSPS) is 12.2. The van der Waals surface area contributed by atoms with Crippen LogP contribution in [0.1, 0.15) is 16.9 Å². The summed E-state index contributed by atoms with van der Waals surface area (Å²) in [5, 5.41) is 7.33. The van der Waals surface area contributed by atoms with Crippen molar-refractivity contribution in [3.8, 4) is 11.3 Å². The lowest BCUT2D eigenvalue weighted by molar-refractivity contribution is -0.143. The molecule has 0 saturated heterocycles. The van der Waals surface area contributed by atoms with Gasteiger partial charge in [-0.25, -0.2) is 0 Å². The zero-order chi connectivity index (χ0) is 24.4. The van der Waals surface area contributed by atoms with Gasteiger partial charge in [0, 0.05) is 11.3 Å². The summed E-state index contributed by atoms with van der Waals surface area (Å²) in [5.41, 5.74) is -0.271. The number of thiocarbonyl (C=S) groups is 1. The van der Waals surface area contributed by atoms with Crippen LogP contribution in [0.25, 0.3) is 11.3 Å². The molecule has 2 N–H and O–H groups in total. The lowest BCUT2D eigenvalue weighted by Crippen LogP contribution is -2.23. The highest BCUT2D eigenvalue weighted by Crippen LogP contribution is 2.38. The number of halogens is 8. The Hall–Kier alpha value is -2.76. The van der Waals surface area contributed by atoms with Crippen molar-refractivity contribution >= 4 is 52.4 Å². The molecule has 174 valence electrons. The molecular formula is C20H11Cl2F6N3OS. The summed E-state index contributed by atoms with van der Waals surface area (Å²) in [6.07, 6.45) is -8.79. The first-order chi connectivity index (χ1) is 15.3. The van der Waals surface area contributed by atoms with E-state index in [9.17, 15) is 26.3 Å². The van der Waals surface area contributed by atoms with E-state index >= 15 is 0 Å². The molecule has 3 rings (SSSR count). The molecule has 0 spiro atoms. The van der Waals surface area contributed by atoms with Crippen LogP contribution in [0.15, 0.2) is 58.0 Å². The minimum absolute atomic E-state index is 0.0422. The van der Waals surface area contributed by atoms with Gasteiger partial charge in [-0.3, -0.25) is 5.43 Å². The standard InChI is InChI=1S/C20H11Cl2F6N3OS/c21-15-3-1-13(8-16(15)22)30-18(33)31-29-9-14-2-4-17(32-14)10-5-11(19(23,24)25)7-12(6-10)20(26,27)28/h1-9H,(H2,30,31,33)/b29-9+. The first-order valence-electron chi connectivity index (χ1n) is 8.78. The molecule has 0 aliphatic rings. The van der Waals surface area contributed by atoms with Crippen LogP contribution in [-0.2, 0) is 12.4 Å². The largest absolute Gasteiger partial charge is 0.455 e. The minimum Gasteiger partial charge on any atom is -0.455 e. The van der Waals surface area contributed by atoms with Gasteiger partial charge in [0.15, 0.2) is 5.11 Å². The molecule has 0 fully saturated rings. The van der Waals surface area contributed by atoms with Crippen LogP contribution in [0, 0.1) is 0 Å². The second kappa shape index (κ2) is 9.62. The second-order valence-electron chi connectivity index (χ2n) is 6.45. The quantitative estimate of drug-likeness (QED) is 0.159. The van der Waals surface area contributed by atoms with Crippen molar-refractivity contribution in [3.63, 3.8) is 0 Å². The maximum absolute atomic E-state index is 13.0. The number of furan rings is 1. The fourth-order valence-corrected chi connectivity index (χ4v) is 3.03. The third-order valence-corrected chi connectivity index (χ3v) is 4.97. The van der Waals surface area contributed by atoms with Gasteiger partial charge < -0.3 is 9.73 Å². The monoisotopic (exact) mass is 525 g/mol. The van der Waals surface area contributed by atoms with E-state index in [1.165, 1.54) is 18.2 Å². The molecule has 1 aromatic heterocycles. The molecule has 2 aromatic carbocycles. The highest BCUT2D eigenvalue weighted by molar-refractivity contribution is 7.80. The average molecular weight is 526 g/mol. The van der Waals surface area contributed by atoms with Crippen molar-refractivity contribution in [1.29, 1.82) is 0 Å². The number of anilines is 1. The van der Waals surface area contributed by atoms with Crippen LogP contribution in [0.4, 0.5) is 32.0 Å². The Bertz CT molecular complexity index is 1170. The Labute approximate surface area is 198 Å². The fraction of sp³-hybridized carbons (Fsp3) is 0.100. The topological polar surface area (TPSA) is 49.6 Å². The number of nitrogens with one attached hydrogen (secondary N) is 2. The Kier molecular flexibility index (Phi) is 7.25. The van der Waals surface area contributed by atoms with E-state index in [4.69, 9.17) is 39.8 Å². The van der Waals surface area contributed by atoms with E-state index in [-0.39, 0.29) is 28.3 Å². The first kappa shape index (κ1) is 24.9. The van der Waals surface area contributed by atoms with Gasteiger partial charge in [0.1, 0.15) is 11.5 Å². The zero-order valence-electron chi connectivity index (χ0n) is 16.0. The third kappa shape index (κ3) is 6.62. The highest BCUT2D eigenvalue weighted by atomic mass is 35.5. The van der Waals surface area contributed by atoms with Gasteiger partial charge in [-0.05, 0) is 60.7 Å². The van der Waals surface area contributed by atoms with Crippen LogP contribution in [-0.4, -0.2) is 11.3 Å². The van der Waals surface area contributed by atoms with Gasteiger partial charge >= 0.3 is 12.4 Å². The zero-order valence-corrected chi connectivity index (χ0v) is 18.3. The summed E-state index contributed by atoms with van der Waals surface area (Å²) in [5.74, 6) is -0.148. The Morgan fingerprint density at radius 1 is 0.879 bits per heavy atom. The van der Waals surface area contributed by atoms with Crippen molar-refractivity contribution in [2.24, 2.45) is 5.10 Å². The Morgan fingerprint density at radius 3 is 2.09 bits per heavy atom. The molecule has 4 nitrogen and oxygen atoms in total. The van der Waals surface area contributed by atoms with E-state index in [1.54, 1.807) is 12.1 Å². The van der Waals surface area contributed by atoms with Crippen molar-refractivity contribution in [1.82, 2.24) is 5.43 Å². The van der Waals surface area contributed by atoms with E-state index < -0.39 is 23.5 Å². The van der Waals surface area contributed by atoms with Crippen molar-refractivity contribution in [3.05, 3.63) is 75.5 Å². The molecule has 0 radical (unpaired) electrons. The maximum Gasteiger partial charge on any atom is 0.416 e. The van der Waals surface area contributed by atoms with Gasteiger partial charge in [-0.1, -0.05) is 23.2 Å². The summed E-state index contributed by atoms with van der Waals surface area (Å²) in [6.45, 7) is 0. The molecule has 0 aliphatic carbocycles. The van der Waals surface area contributed by atoms with Crippen LogP contribution < -0.4 is 10.7 Å². The Morgan fingerprint density at radius 2 is 1.52 bits per heavy atom. The van der Waals surface area contributed by atoms with E-state index in [0.29, 0.717) is 27.9 Å². The molecule has 0 amide bonds. The van der Waals surface area contributed by atoms with Crippen LogP contribution in [0.3, 0.4) is 0 Å². The molecule has 0 unspecified atom stereocenters. The molecule has 1 heterocycles. The van der Waals surface area contributed by atoms with Gasteiger partial charge in [-0.2, -0.15) is 31.4 Å². The van der Waals surface area contributed by atoms with Crippen molar-refractivity contribution in [2.45, 2.75) is 12.4 Å². The fourth-order valence-electron chi connectivity index (χ4n) is 2.56. The minimum atomic E-state index is -4.96. The summed E-state index contributed by atoms with van der Waals surface area (Å²) in [6, 6.07) is 8.44. The van der Waals surface area contributed by atoms with Crippen molar-refractivity contribution < 1.29 is 30.8 Å². The number of hydrazone groups is 1. The lowest BCUT2D eigenvalue weighted by atomic mass is 10.0. The van der Waals surface area contributed by atoms with Gasteiger partial charge in [0.25, 0.3) is 0 Å². The van der Waals surface area contributed by atoms with E-state index in [1.807, 2.05) is 0 Å². The van der Waals surface area contributed by atoms with Gasteiger partial charge in [0.05, 0.1) is 27.4 Å². The predicted molar refractivity (Wildman–Crippen MR) is 118 cm³/mol. The van der Waals surface area contributed by atoms with Crippen LogP contribution >= 0.6 is 35.4 Å². The number of benzene rings is 2.